The minimum atomic E-state index is -0.362. The Balaban J connectivity index is 1.92. The Morgan fingerprint density at radius 1 is 1.12 bits per heavy atom. The van der Waals surface area contributed by atoms with E-state index in [-0.39, 0.29) is 30.9 Å². The first-order chi connectivity index (χ1) is 11.7. The minimum absolute atomic E-state index is 0.0704. The van der Waals surface area contributed by atoms with Crippen LogP contribution in [0, 0.1) is 0 Å². The number of nitrogens with zero attached hydrogens (tertiary/aromatic N) is 1. The van der Waals surface area contributed by atoms with E-state index in [0.29, 0.717) is 0 Å². The highest BCUT2D eigenvalue weighted by molar-refractivity contribution is 7.99. The molecule has 5 heteroatoms. The smallest absolute Gasteiger partial charge is 0.306 e. The molecule has 0 aromatic heterocycles. The summed E-state index contributed by atoms with van der Waals surface area (Å²) in [5.41, 5.74) is 1.95. The lowest BCUT2D eigenvalue weighted by Gasteiger charge is -2.37. The molecule has 0 unspecified atom stereocenters. The van der Waals surface area contributed by atoms with E-state index in [1.807, 2.05) is 54.6 Å². The summed E-state index contributed by atoms with van der Waals surface area (Å²) in [6.07, 6.45) is 0.266. The number of benzene rings is 2. The second-order valence-electron chi connectivity index (χ2n) is 5.48. The third-order valence-electron chi connectivity index (χ3n) is 3.93. The number of ether oxygens (including phenoxy) is 1. The van der Waals surface area contributed by atoms with Gasteiger partial charge in [0.2, 0.25) is 0 Å². The Labute approximate surface area is 145 Å². The van der Waals surface area contributed by atoms with Crippen LogP contribution in [0.5, 0.6) is 0 Å². The molecule has 0 spiro atoms. The Kier molecular flexibility index (Phi) is 5.20. The van der Waals surface area contributed by atoms with Crippen molar-refractivity contribution in [2.45, 2.75) is 24.3 Å². The highest BCUT2D eigenvalue weighted by atomic mass is 32.2. The molecule has 2 aromatic carbocycles. The third-order valence-corrected chi connectivity index (χ3v) is 5.07. The van der Waals surface area contributed by atoms with E-state index >= 15 is 0 Å². The Morgan fingerprint density at radius 3 is 2.58 bits per heavy atom. The van der Waals surface area contributed by atoms with Gasteiger partial charge in [-0.25, -0.2) is 0 Å². The van der Waals surface area contributed by atoms with E-state index < -0.39 is 0 Å². The van der Waals surface area contributed by atoms with E-state index in [2.05, 4.69) is 0 Å². The largest absolute Gasteiger partial charge is 0.456 e. The number of carbonyl (C=O) groups is 2. The van der Waals surface area contributed by atoms with Crippen molar-refractivity contribution in [1.29, 1.82) is 0 Å². The fourth-order valence-electron chi connectivity index (χ4n) is 2.73. The second-order valence-corrected chi connectivity index (χ2v) is 6.55. The fraction of sp³-hybridized carbons (Fsp3) is 0.263. The fourth-order valence-corrected chi connectivity index (χ4v) is 3.90. The lowest BCUT2D eigenvalue weighted by molar-refractivity contribution is -0.147. The normalized spacial score (nSPS) is 16.4. The number of para-hydroxylation sites is 1. The monoisotopic (exact) mass is 341 g/mol. The van der Waals surface area contributed by atoms with Crippen LogP contribution < -0.4 is 4.90 Å². The summed E-state index contributed by atoms with van der Waals surface area (Å²) in [5.74, 6) is 0.215. The van der Waals surface area contributed by atoms with E-state index in [4.69, 9.17) is 4.74 Å². The van der Waals surface area contributed by atoms with E-state index in [0.717, 1.165) is 21.9 Å². The van der Waals surface area contributed by atoms with E-state index in [1.54, 1.807) is 23.6 Å². The summed E-state index contributed by atoms with van der Waals surface area (Å²) >= 11 is 1.74. The van der Waals surface area contributed by atoms with Gasteiger partial charge in [0.25, 0.3) is 5.91 Å². The van der Waals surface area contributed by atoms with Crippen LogP contribution >= 0.6 is 11.8 Å². The van der Waals surface area contributed by atoms with Gasteiger partial charge in [-0.05, 0) is 17.7 Å². The zero-order chi connectivity index (χ0) is 16.9. The number of hydrogen-bond donors (Lipinski definition) is 0. The van der Waals surface area contributed by atoms with Crippen molar-refractivity contribution in [1.82, 2.24) is 0 Å². The summed E-state index contributed by atoms with van der Waals surface area (Å²) in [5, 5.41) is 0. The van der Waals surface area contributed by atoms with Gasteiger partial charge in [0.05, 0.1) is 11.7 Å². The molecule has 1 aliphatic rings. The first-order valence-electron chi connectivity index (χ1n) is 7.95. The van der Waals surface area contributed by atoms with Crippen molar-refractivity contribution in [3.05, 3.63) is 60.2 Å². The van der Waals surface area contributed by atoms with Gasteiger partial charge >= 0.3 is 5.97 Å². The van der Waals surface area contributed by atoms with Crippen LogP contribution in [-0.2, 0) is 14.3 Å². The second kappa shape index (κ2) is 7.53. The molecule has 2 aromatic rings. The van der Waals surface area contributed by atoms with Crippen molar-refractivity contribution in [2.75, 3.05) is 17.3 Å². The van der Waals surface area contributed by atoms with Crippen LogP contribution in [0.3, 0.4) is 0 Å². The first kappa shape index (κ1) is 16.6. The average molecular weight is 341 g/mol. The maximum absolute atomic E-state index is 12.8. The zero-order valence-electron chi connectivity index (χ0n) is 13.5. The minimum Gasteiger partial charge on any atom is -0.456 e. The number of amides is 1. The first-order valence-corrected chi connectivity index (χ1v) is 8.93. The number of esters is 1. The van der Waals surface area contributed by atoms with Gasteiger partial charge in [-0.15, -0.1) is 11.8 Å². The molecule has 1 atom stereocenters. The molecule has 0 N–H and O–H groups in total. The molecule has 1 heterocycles. The van der Waals surface area contributed by atoms with Gasteiger partial charge in [-0.1, -0.05) is 49.4 Å². The SMILES string of the molecule is CCC(=O)OCC(=O)N1c2ccccc2SC[C@@H]1c1ccccc1. The molecule has 0 radical (unpaired) electrons. The topological polar surface area (TPSA) is 46.6 Å². The summed E-state index contributed by atoms with van der Waals surface area (Å²) in [6, 6.07) is 17.7. The number of rotatable bonds is 4. The maximum Gasteiger partial charge on any atom is 0.306 e. The summed E-state index contributed by atoms with van der Waals surface area (Å²) < 4.78 is 5.07. The number of hydrogen-bond acceptors (Lipinski definition) is 4. The lowest BCUT2D eigenvalue weighted by atomic mass is 10.1. The summed E-state index contributed by atoms with van der Waals surface area (Å²) in [4.78, 5) is 27.0. The molecule has 0 saturated carbocycles. The quantitative estimate of drug-likeness (QED) is 0.793. The van der Waals surface area contributed by atoms with Crippen molar-refractivity contribution in [3.8, 4) is 0 Å². The number of thioether (sulfide) groups is 1. The van der Waals surface area contributed by atoms with Gasteiger partial charge in [0, 0.05) is 17.1 Å². The molecular formula is C19H19NO3S. The van der Waals surface area contributed by atoms with Crippen LogP contribution in [0.25, 0.3) is 0 Å². The van der Waals surface area contributed by atoms with Gasteiger partial charge in [0.15, 0.2) is 6.61 Å². The highest BCUT2D eigenvalue weighted by Crippen LogP contribution is 2.43. The van der Waals surface area contributed by atoms with Crippen molar-refractivity contribution in [3.63, 3.8) is 0 Å². The van der Waals surface area contributed by atoms with Gasteiger partial charge in [-0.2, -0.15) is 0 Å². The van der Waals surface area contributed by atoms with Crippen molar-refractivity contribution >= 4 is 29.3 Å². The maximum atomic E-state index is 12.8. The lowest BCUT2D eigenvalue weighted by Crippen LogP contribution is -2.41. The van der Waals surface area contributed by atoms with E-state index in [1.165, 1.54) is 0 Å². The summed E-state index contributed by atoms with van der Waals surface area (Å²) in [7, 11) is 0. The number of carbonyl (C=O) groups excluding carboxylic acids is 2. The molecule has 124 valence electrons. The molecule has 4 nitrogen and oxygen atoms in total. The molecule has 24 heavy (non-hydrogen) atoms. The zero-order valence-corrected chi connectivity index (χ0v) is 14.3. The Bertz CT molecular complexity index is 732. The molecular weight excluding hydrogens is 322 g/mol. The molecule has 1 aliphatic heterocycles. The van der Waals surface area contributed by atoms with Crippen LogP contribution in [0.4, 0.5) is 5.69 Å². The Hall–Kier alpha value is -2.27. The number of fused-ring (bicyclic) bond motifs is 1. The average Bonchev–Trinajstić information content (AvgIpc) is 2.65. The van der Waals surface area contributed by atoms with Gasteiger partial charge in [0.1, 0.15) is 0 Å². The van der Waals surface area contributed by atoms with Gasteiger partial charge < -0.3 is 4.74 Å². The van der Waals surface area contributed by atoms with Crippen LogP contribution in [0.15, 0.2) is 59.5 Å². The molecule has 0 fully saturated rings. The molecule has 0 saturated heterocycles. The molecule has 1 amide bonds. The molecule has 3 rings (SSSR count). The van der Waals surface area contributed by atoms with E-state index in [9.17, 15) is 9.59 Å². The predicted octanol–water partition coefficient (Wildman–Crippen LogP) is 3.82. The third kappa shape index (κ3) is 3.46. The van der Waals surface area contributed by atoms with Crippen molar-refractivity contribution in [2.24, 2.45) is 0 Å². The Morgan fingerprint density at radius 2 is 1.83 bits per heavy atom. The molecule has 0 aliphatic carbocycles. The van der Waals surface area contributed by atoms with Crippen LogP contribution in [-0.4, -0.2) is 24.2 Å². The van der Waals surface area contributed by atoms with Crippen LogP contribution in [0.2, 0.25) is 0 Å². The highest BCUT2D eigenvalue weighted by Gasteiger charge is 2.32. The van der Waals surface area contributed by atoms with Crippen molar-refractivity contribution < 1.29 is 14.3 Å². The van der Waals surface area contributed by atoms with Crippen LogP contribution in [0.1, 0.15) is 24.9 Å². The predicted molar refractivity (Wildman–Crippen MR) is 95.1 cm³/mol. The number of anilines is 1. The molecule has 0 bridgehead atoms. The standard InChI is InChI=1S/C19H19NO3S/c1-2-19(22)23-12-18(21)20-15-10-6-7-11-17(15)24-13-16(20)14-8-4-3-5-9-14/h3-11,16H,2,12-13H2,1H3/t16-/m1/s1. The summed E-state index contributed by atoms with van der Waals surface area (Å²) in [6.45, 7) is 1.49. The van der Waals surface area contributed by atoms with Gasteiger partial charge in [-0.3, -0.25) is 14.5 Å².